The van der Waals surface area contributed by atoms with Crippen LogP contribution in [-0.2, 0) is 22.7 Å². The highest BCUT2D eigenvalue weighted by Crippen LogP contribution is 2.27. The minimum atomic E-state index is -0.547. The number of piperidine rings is 2. The van der Waals surface area contributed by atoms with Gasteiger partial charge in [0.2, 0.25) is 0 Å². The van der Waals surface area contributed by atoms with Crippen molar-refractivity contribution in [1.82, 2.24) is 10.6 Å². The highest BCUT2D eigenvalue weighted by molar-refractivity contribution is 6.35. The second-order valence-electron chi connectivity index (χ2n) is 11.2. The quantitative estimate of drug-likeness (QED) is 0.320. The van der Waals surface area contributed by atoms with Crippen LogP contribution < -0.4 is 10.6 Å². The monoisotopic (exact) mass is 560 g/mol. The van der Waals surface area contributed by atoms with Gasteiger partial charge in [-0.3, -0.25) is 9.59 Å². The van der Waals surface area contributed by atoms with E-state index in [4.69, 9.17) is 23.2 Å². The first-order valence-corrected chi connectivity index (χ1v) is 14.9. The number of halogens is 2. The lowest BCUT2D eigenvalue weighted by molar-refractivity contribution is -0.944. The van der Waals surface area contributed by atoms with E-state index in [0.717, 1.165) is 82.5 Å². The Bertz CT molecular complexity index is 996. The molecule has 0 aliphatic carbocycles. The molecule has 2 aromatic carbocycles. The molecule has 2 aromatic rings. The molecular weight excluding hydrogens is 519 g/mol. The van der Waals surface area contributed by atoms with Gasteiger partial charge in [-0.2, -0.15) is 0 Å². The van der Waals surface area contributed by atoms with Crippen molar-refractivity contribution in [2.24, 2.45) is 0 Å². The minimum absolute atomic E-state index is 0.475. The van der Waals surface area contributed by atoms with Gasteiger partial charge >= 0.3 is 11.8 Å². The average Bonchev–Trinajstić information content (AvgIpc) is 2.92. The number of nitrogens with one attached hydrogen (secondary N) is 2. The molecule has 0 unspecified atom stereocenters. The van der Waals surface area contributed by atoms with Gasteiger partial charge in [0, 0.05) is 21.2 Å². The highest BCUT2D eigenvalue weighted by Gasteiger charge is 2.32. The van der Waals surface area contributed by atoms with Crippen LogP contribution in [0.2, 0.25) is 10.0 Å². The van der Waals surface area contributed by atoms with Crippen LogP contribution in [0.4, 0.5) is 0 Å². The number of hydrogen-bond donors (Lipinski definition) is 2. The van der Waals surface area contributed by atoms with Crippen molar-refractivity contribution in [3.63, 3.8) is 0 Å². The van der Waals surface area contributed by atoms with Gasteiger partial charge in [0.05, 0.1) is 52.4 Å². The van der Waals surface area contributed by atoms with E-state index in [1.807, 2.05) is 36.4 Å². The standard InChI is InChI=1S/C30H40Cl2N4O2/c31-27-13-5-3-11-25(27)23-35(17-7-1-8-18-35)21-15-33-29(37)30(38)34-16-22-36(19-9-2-10-20-36)24-26-12-4-6-14-28(26)32/h3-6,11-14H,1-2,7-10,15-24H2/p+2. The van der Waals surface area contributed by atoms with E-state index >= 15 is 0 Å². The number of likely N-dealkylation sites (tertiary alicyclic amines) is 2. The third-order valence-corrected chi connectivity index (χ3v) is 9.14. The first-order valence-electron chi connectivity index (χ1n) is 14.1. The van der Waals surface area contributed by atoms with Crippen molar-refractivity contribution >= 4 is 35.0 Å². The summed E-state index contributed by atoms with van der Waals surface area (Å²) in [7, 11) is 0. The lowest BCUT2D eigenvalue weighted by atomic mass is 10.0. The van der Waals surface area contributed by atoms with Crippen LogP contribution in [0.25, 0.3) is 0 Å². The molecule has 0 bridgehead atoms. The van der Waals surface area contributed by atoms with Crippen molar-refractivity contribution in [3.8, 4) is 0 Å². The van der Waals surface area contributed by atoms with Crippen LogP contribution in [0.5, 0.6) is 0 Å². The molecule has 0 atom stereocenters. The maximum atomic E-state index is 12.6. The van der Waals surface area contributed by atoms with E-state index in [1.165, 1.54) is 38.5 Å². The van der Waals surface area contributed by atoms with Crippen LogP contribution >= 0.6 is 23.2 Å². The number of benzene rings is 2. The summed E-state index contributed by atoms with van der Waals surface area (Å²) in [4.78, 5) is 25.3. The van der Waals surface area contributed by atoms with E-state index in [-0.39, 0.29) is 0 Å². The van der Waals surface area contributed by atoms with Crippen molar-refractivity contribution in [2.45, 2.75) is 51.6 Å². The van der Waals surface area contributed by atoms with Gasteiger partial charge < -0.3 is 19.6 Å². The number of hydrogen-bond acceptors (Lipinski definition) is 2. The molecule has 2 aliphatic rings. The van der Waals surface area contributed by atoms with Gasteiger partial charge in [-0.25, -0.2) is 0 Å². The third kappa shape index (κ3) is 7.95. The van der Waals surface area contributed by atoms with E-state index in [1.54, 1.807) is 0 Å². The summed E-state index contributed by atoms with van der Waals surface area (Å²) < 4.78 is 1.79. The summed E-state index contributed by atoms with van der Waals surface area (Å²) in [5, 5.41) is 7.34. The Morgan fingerprint density at radius 2 is 0.974 bits per heavy atom. The number of carbonyl (C=O) groups is 2. The van der Waals surface area contributed by atoms with Gasteiger partial charge in [0.1, 0.15) is 13.1 Å². The maximum absolute atomic E-state index is 12.6. The number of rotatable bonds is 10. The summed E-state index contributed by atoms with van der Waals surface area (Å²) in [6.45, 7) is 8.52. The molecule has 2 heterocycles. The summed E-state index contributed by atoms with van der Waals surface area (Å²) in [6.07, 6.45) is 7.18. The Balaban J connectivity index is 1.26. The summed E-state index contributed by atoms with van der Waals surface area (Å²) in [6, 6.07) is 16.0. The van der Waals surface area contributed by atoms with Crippen LogP contribution in [0.15, 0.2) is 48.5 Å². The number of nitrogens with zero attached hydrogens (tertiary/aromatic N) is 2. The molecule has 38 heavy (non-hydrogen) atoms. The van der Waals surface area contributed by atoms with Gasteiger partial charge in [-0.05, 0) is 50.7 Å². The topological polar surface area (TPSA) is 58.2 Å². The molecule has 0 aromatic heterocycles. The lowest BCUT2D eigenvalue weighted by Gasteiger charge is -2.42. The zero-order valence-electron chi connectivity index (χ0n) is 22.4. The number of amides is 2. The highest BCUT2D eigenvalue weighted by atomic mass is 35.5. The molecule has 0 spiro atoms. The summed E-state index contributed by atoms with van der Waals surface area (Å²) >= 11 is 12.9. The van der Waals surface area contributed by atoms with E-state index in [0.29, 0.717) is 13.1 Å². The molecular formula is C30H42Cl2N4O2+2. The molecule has 2 saturated heterocycles. The third-order valence-electron chi connectivity index (χ3n) is 8.41. The van der Waals surface area contributed by atoms with Gasteiger partial charge in [0.15, 0.2) is 0 Å². The van der Waals surface area contributed by atoms with E-state index in [2.05, 4.69) is 22.8 Å². The first kappa shape index (κ1) is 28.9. The van der Waals surface area contributed by atoms with Crippen molar-refractivity contribution < 1.29 is 18.6 Å². The Morgan fingerprint density at radius 1 is 0.605 bits per heavy atom. The van der Waals surface area contributed by atoms with Crippen LogP contribution in [0.1, 0.15) is 49.7 Å². The van der Waals surface area contributed by atoms with Crippen LogP contribution in [-0.4, -0.2) is 73.1 Å². The van der Waals surface area contributed by atoms with E-state index < -0.39 is 11.8 Å². The van der Waals surface area contributed by atoms with Gasteiger partial charge in [-0.1, -0.05) is 59.6 Å². The summed E-state index contributed by atoms with van der Waals surface area (Å²) in [5.74, 6) is -1.09. The van der Waals surface area contributed by atoms with Gasteiger partial charge in [-0.15, -0.1) is 0 Å². The second kappa shape index (κ2) is 13.8. The fraction of sp³-hybridized carbons (Fsp3) is 0.533. The molecule has 2 aliphatic heterocycles. The SMILES string of the molecule is O=C(NCC[N+]1(Cc2ccccc2Cl)CCCCC1)C(=O)NCC[N+]1(Cc2ccccc2Cl)CCCCC1. The molecule has 8 heteroatoms. The predicted molar refractivity (Wildman–Crippen MR) is 154 cm³/mol. The zero-order chi connectivity index (χ0) is 26.8. The maximum Gasteiger partial charge on any atom is 0.309 e. The van der Waals surface area contributed by atoms with Gasteiger partial charge in [0.25, 0.3) is 0 Å². The zero-order valence-corrected chi connectivity index (χ0v) is 23.9. The number of carbonyl (C=O) groups excluding carboxylic acids is 2. The molecule has 2 fully saturated rings. The molecule has 206 valence electrons. The molecule has 4 rings (SSSR count). The Labute approximate surface area is 237 Å². The average molecular weight is 562 g/mol. The Morgan fingerprint density at radius 3 is 1.34 bits per heavy atom. The fourth-order valence-electron chi connectivity index (χ4n) is 6.24. The van der Waals surface area contributed by atoms with E-state index in [9.17, 15) is 9.59 Å². The largest absolute Gasteiger partial charge is 0.342 e. The van der Waals surface area contributed by atoms with Crippen LogP contribution in [0, 0.1) is 0 Å². The Hall–Kier alpha value is -2.12. The van der Waals surface area contributed by atoms with Crippen molar-refractivity contribution in [1.29, 1.82) is 0 Å². The fourth-order valence-corrected chi connectivity index (χ4v) is 6.63. The molecule has 2 amide bonds. The summed E-state index contributed by atoms with van der Waals surface area (Å²) in [5.41, 5.74) is 2.29. The molecule has 0 radical (unpaired) electrons. The number of quaternary nitrogens is 2. The second-order valence-corrected chi connectivity index (χ2v) is 12.0. The normalized spacial score (nSPS) is 18.5. The van der Waals surface area contributed by atoms with Crippen LogP contribution in [0.3, 0.4) is 0 Å². The predicted octanol–water partition coefficient (Wildman–Crippen LogP) is 4.93. The smallest absolute Gasteiger partial charge is 0.309 e. The first-order chi connectivity index (χ1) is 18.4. The molecule has 0 saturated carbocycles. The molecule has 6 nitrogen and oxygen atoms in total. The lowest BCUT2D eigenvalue weighted by Crippen LogP contribution is -2.56. The van der Waals surface area contributed by atoms with Crippen molar-refractivity contribution in [2.75, 3.05) is 52.4 Å². The minimum Gasteiger partial charge on any atom is -0.342 e. The molecule has 2 N–H and O–H groups in total. The van der Waals surface area contributed by atoms with Crippen molar-refractivity contribution in [3.05, 3.63) is 69.7 Å². The Kier molecular flexibility index (Phi) is 10.5.